The van der Waals surface area contributed by atoms with Crippen LogP contribution in [0, 0.1) is 13.8 Å². The average Bonchev–Trinajstić information content (AvgIpc) is 3.15. The summed E-state index contributed by atoms with van der Waals surface area (Å²) < 4.78 is 10.8. The van der Waals surface area contributed by atoms with Crippen LogP contribution in [0.5, 0.6) is 11.5 Å². The Bertz CT molecular complexity index is 897. The first-order valence-corrected chi connectivity index (χ1v) is 8.47. The minimum Gasteiger partial charge on any atom is -0.454 e. The highest BCUT2D eigenvalue weighted by Crippen LogP contribution is 2.36. The van der Waals surface area contributed by atoms with Crippen LogP contribution in [0.1, 0.15) is 11.1 Å². The number of ether oxygens (including phenoxy) is 2. The fourth-order valence-corrected chi connectivity index (χ4v) is 3.54. The Morgan fingerprint density at radius 3 is 2.50 bits per heavy atom. The van der Waals surface area contributed by atoms with E-state index in [2.05, 4.69) is 36.3 Å². The van der Waals surface area contributed by atoms with Gasteiger partial charge in [0.05, 0.1) is 5.69 Å². The van der Waals surface area contributed by atoms with Crippen LogP contribution in [-0.2, 0) is 0 Å². The van der Waals surface area contributed by atoms with Crippen molar-refractivity contribution in [2.75, 3.05) is 17.8 Å². The number of nitrogens with one attached hydrogen (secondary N) is 1. The number of aryl methyl sites for hydroxylation is 2. The maximum atomic E-state index is 5.77. The fraction of sp³-hybridized carbons (Fsp3) is 0.167. The van der Waals surface area contributed by atoms with E-state index in [1.54, 1.807) is 0 Å². The van der Waals surface area contributed by atoms with Gasteiger partial charge in [-0.1, -0.05) is 0 Å². The average molecular weight is 339 g/mol. The Hall–Kier alpha value is -2.73. The van der Waals surface area contributed by atoms with Crippen LogP contribution < -0.4 is 20.5 Å². The van der Waals surface area contributed by atoms with Crippen LogP contribution in [0.2, 0.25) is 0 Å². The minimum absolute atomic E-state index is 0.280. The first-order valence-electron chi connectivity index (χ1n) is 7.59. The zero-order valence-electron chi connectivity index (χ0n) is 13.4. The van der Waals surface area contributed by atoms with E-state index in [9.17, 15) is 0 Å². The number of nitrogens with zero attached hydrogens (tertiary/aromatic N) is 1. The van der Waals surface area contributed by atoms with Crippen LogP contribution in [0.3, 0.4) is 0 Å². The molecule has 0 bridgehead atoms. The number of fused-ring (bicyclic) bond motifs is 1. The molecule has 2 aromatic carbocycles. The number of hydrogen-bond acceptors (Lipinski definition) is 6. The van der Waals surface area contributed by atoms with Crippen molar-refractivity contribution in [3.05, 3.63) is 46.8 Å². The lowest BCUT2D eigenvalue weighted by molar-refractivity contribution is 0.174. The number of benzene rings is 2. The van der Waals surface area contributed by atoms with E-state index in [4.69, 9.17) is 15.2 Å². The van der Waals surface area contributed by atoms with E-state index in [-0.39, 0.29) is 6.79 Å². The van der Waals surface area contributed by atoms with Gasteiger partial charge in [-0.05, 0) is 49.2 Å². The molecule has 6 heteroatoms. The zero-order chi connectivity index (χ0) is 16.7. The second kappa shape index (κ2) is 5.72. The topological polar surface area (TPSA) is 69.4 Å². The Labute approximate surface area is 144 Å². The molecule has 1 aliphatic rings. The van der Waals surface area contributed by atoms with Gasteiger partial charge in [0.25, 0.3) is 0 Å². The predicted octanol–water partition coefficient (Wildman–Crippen LogP) is 4.48. The second-order valence-electron chi connectivity index (χ2n) is 5.75. The monoisotopic (exact) mass is 339 g/mol. The molecule has 4 rings (SSSR count). The molecule has 1 aliphatic heterocycles. The predicted molar refractivity (Wildman–Crippen MR) is 97.3 cm³/mol. The summed E-state index contributed by atoms with van der Waals surface area (Å²) in [6.07, 6.45) is 0. The minimum atomic E-state index is 0.280. The number of nitrogens with two attached hydrogens (primary N) is 1. The van der Waals surface area contributed by atoms with Crippen molar-refractivity contribution in [1.29, 1.82) is 0 Å². The van der Waals surface area contributed by atoms with Crippen molar-refractivity contribution in [3.63, 3.8) is 0 Å². The molecule has 0 aliphatic carbocycles. The van der Waals surface area contributed by atoms with Gasteiger partial charge in [0.1, 0.15) is 0 Å². The Kier molecular flexibility index (Phi) is 3.54. The van der Waals surface area contributed by atoms with Gasteiger partial charge < -0.3 is 20.5 Å². The molecule has 0 amide bonds. The lowest BCUT2D eigenvalue weighted by Crippen LogP contribution is -1.95. The van der Waals surface area contributed by atoms with Crippen LogP contribution in [0.4, 0.5) is 16.5 Å². The smallest absolute Gasteiger partial charge is 0.231 e. The highest BCUT2D eigenvalue weighted by Gasteiger charge is 2.14. The van der Waals surface area contributed by atoms with Crippen molar-refractivity contribution in [1.82, 2.24) is 4.98 Å². The third kappa shape index (κ3) is 2.65. The Morgan fingerprint density at radius 1 is 1.04 bits per heavy atom. The first kappa shape index (κ1) is 14.8. The molecule has 2 heterocycles. The van der Waals surface area contributed by atoms with Crippen LogP contribution in [0.25, 0.3) is 11.3 Å². The molecule has 0 saturated heterocycles. The van der Waals surface area contributed by atoms with Gasteiger partial charge in [-0.25, -0.2) is 4.98 Å². The summed E-state index contributed by atoms with van der Waals surface area (Å²) >= 11 is 1.46. The molecular formula is C18H17N3O2S. The molecule has 24 heavy (non-hydrogen) atoms. The molecule has 3 aromatic rings. The van der Waals surface area contributed by atoms with Gasteiger partial charge in [-0.15, -0.1) is 11.3 Å². The summed E-state index contributed by atoms with van der Waals surface area (Å²) in [5.74, 6) is 1.55. The number of anilines is 3. The van der Waals surface area contributed by atoms with Crippen LogP contribution in [-0.4, -0.2) is 11.8 Å². The van der Waals surface area contributed by atoms with E-state index in [1.165, 1.54) is 11.3 Å². The van der Waals surface area contributed by atoms with Crippen LogP contribution >= 0.6 is 11.3 Å². The first-order chi connectivity index (χ1) is 11.6. The molecular weight excluding hydrogens is 322 g/mol. The second-order valence-corrected chi connectivity index (χ2v) is 6.64. The number of hydrogen-bond donors (Lipinski definition) is 2. The van der Waals surface area contributed by atoms with Gasteiger partial charge in [-0.3, -0.25) is 0 Å². The third-order valence-corrected chi connectivity index (χ3v) is 4.65. The number of nitrogen functional groups attached to an aromatic ring is 1. The molecule has 122 valence electrons. The standard InChI is InChI=1S/C18H17N3O2S/c1-10-5-13(6-11(2)17(10)14-8-24-18(19)21-14)20-12-3-4-15-16(7-12)23-9-22-15/h3-8,20H,9H2,1-2H3,(H2,19,21). The van der Waals surface area contributed by atoms with Gasteiger partial charge in [-0.2, -0.15) is 0 Å². The third-order valence-electron chi connectivity index (χ3n) is 3.97. The molecule has 0 radical (unpaired) electrons. The van der Waals surface area contributed by atoms with Crippen molar-refractivity contribution in [3.8, 4) is 22.8 Å². The molecule has 0 saturated carbocycles. The number of thiazole rings is 1. The van der Waals surface area contributed by atoms with Gasteiger partial charge in [0.2, 0.25) is 6.79 Å². The van der Waals surface area contributed by atoms with Crippen molar-refractivity contribution in [2.45, 2.75) is 13.8 Å². The summed E-state index contributed by atoms with van der Waals surface area (Å²) in [6, 6.07) is 10.1. The van der Waals surface area contributed by atoms with Gasteiger partial charge in [0, 0.05) is 28.4 Å². The SMILES string of the molecule is Cc1cc(Nc2ccc3c(c2)OCO3)cc(C)c1-c1csc(N)n1. The maximum absolute atomic E-state index is 5.77. The molecule has 5 nitrogen and oxygen atoms in total. The lowest BCUT2D eigenvalue weighted by atomic mass is 9.99. The molecule has 0 atom stereocenters. The molecule has 0 fully saturated rings. The lowest BCUT2D eigenvalue weighted by Gasteiger charge is -2.13. The van der Waals surface area contributed by atoms with E-state index < -0.39 is 0 Å². The Balaban J connectivity index is 1.65. The van der Waals surface area contributed by atoms with Crippen molar-refractivity contribution < 1.29 is 9.47 Å². The van der Waals surface area contributed by atoms with Crippen molar-refractivity contribution in [2.24, 2.45) is 0 Å². The van der Waals surface area contributed by atoms with E-state index in [0.29, 0.717) is 5.13 Å². The summed E-state index contributed by atoms with van der Waals surface area (Å²) in [5, 5.41) is 6.01. The fourth-order valence-electron chi connectivity index (χ4n) is 2.98. The highest BCUT2D eigenvalue weighted by atomic mass is 32.1. The zero-order valence-corrected chi connectivity index (χ0v) is 14.2. The number of rotatable bonds is 3. The summed E-state index contributed by atoms with van der Waals surface area (Å²) in [7, 11) is 0. The number of aromatic nitrogens is 1. The summed E-state index contributed by atoms with van der Waals surface area (Å²) in [6.45, 7) is 4.45. The summed E-state index contributed by atoms with van der Waals surface area (Å²) in [5.41, 5.74) is 12.1. The molecule has 0 spiro atoms. The summed E-state index contributed by atoms with van der Waals surface area (Å²) in [4.78, 5) is 4.40. The molecule has 1 aromatic heterocycles. The molecule has 0 unspecified atom stereocenters. The van der Waals surface area contributed by atoms with Crippen LogP contribution in [0.15, 0.2) is 35.7 Å². The van der Waals surface area contributed by atoms with E-state index in [1.807, 2.05) is 23.6 Å². The van der Waals surface area contributed by atoms with E-state index >= 15 is 0 Å². The Morgan fingerprint density at radius 2 is 1.79 bits per heavy atom. The highest BCUT2D eigenvalue weighted by molar-refractivity contribution is 7.13. The van der Waals surface area contributed by atoms with Gasteiger partial charge in [0.15, 0.2) is 16.6 Å². The van der Waals surface area contributed by atoms with E-state index in [0.717, 1.165) is 45.3 Å². The normalized spacial score (nSPS) is 12.4. The largest absolute Gasteiger partial charge is 0.454 e. The maximum Gasteiger partial charge on any atom is 0.231 e. The molecule has 3 N–H and O–H groups in total. The quantitative estimate of drug-likeness (QED) is 0.736. The van der Waals surface area contributed by atoms with Crippen molar-refractivity contribution >= 4 is 27.8 Å². The van der Waals surface area contributed by atoms with Gasteiger partial charge >= 0.3 is 0 Å².